The molecule has 6 heteroatoms. The molecule has 0 aromatic rings. The van der Waals surface area contributed by atoms with Gasteiger partial charge in [0.2, 0.25) is 0 Å². The number of rotatable bonds is 3. The molecular formula is C3H9LiO4S. The van der Waals surface area contributed by atoms with Crippen molar-refractivity contribution in [3.63, 3.8) is 0 Å². The predicted octanol–water partition coefficient (Wildman–Crippen LogP) is -2.67. The van der Waals surface area contributed by atoms with E-state index in [-0.39, 0.29) is 26.9 Å². The summed E-state index contributed by atoms with van der Waals surface area (Å²) >= 11 is 0. The summed E-state index contributed by atoms with van der Waals surface area (Å²) in [6, 6.07) is 0. The van der Waals surface area contributed by atoms with Crippen LogP contribution in [-0.4, -0.2) is 19.6 Å². The molecule has 52 valence electrons. The number of hydrogen-bond donors (Lipinski definition) is 1. The van der Waals surface area contributed by atoms with Gasteiger partial charge in [-0.1, -0.05) is 6.92 Å². The first-order valence-corrected chi connectivity index (χ1v) is 3.54. The Morgan fingerprint density at radius 3 is 2.22 bits per heavy atom. The van der Waals surface area contributed by atoms with Crippen LogP contribution in [0.15, 0.2) is 0 Å². The van der Waals surface area contributed by atoms with Crippen molar-refractivity contribution in [2.75, 3.05) is 6.61 Å². The van der Waals surface area contributed by atoms with E-state index in [1.807, 2.05) is 0 Å². The van der Waals surface area contributed by atoms with Crippen LogP contribution >= 0.6 is 0 Å². The Hall–Kier alpha value is 0.467. The van der Waals surface area contributed by atoms with Gasteiger partial charge in [0.1, 0.15) is 0 Å². The van der Waals surface area contributed by atoms with Gasteiger partial charge in [-0.05, 0) is 6.42 Å². The zero-order valence-corrected chi connectivity index (χ0v) is 6.31. The third-order valence-corrected chi connectivity index (χ3v) is 0.901. The van der Waals surface area contributed by atoms with Crippen LogP contribution in [0.4, 0.5) is 0 Å². The summed E-state index contributed by atoms with van der Waals surface area (Å²) < 4.78 is 31.3. The molecule has 0 aromatic carbocycles. The van der Waals surface area contributed by atoms with E-state index >= 15 is 0 Å². The first kappa shape index (κ1) is 12.2. The maximum Gasteiger partial charge on any atom is 1.00 e. The molecule has 1 N–H and O–H groups in total. The smallest absolute Gasteiger partial charge is 1.00 e. The Morgan fingerprint density at radius 2 is 2.11 bits per heavy atom. The molecule has 9 heavy (non-hydrogen) atoms. The second-order valence-electron chi connectivity index (χ2n) is 1.25. The molecule has 0 atom stereocenters. The number of hydrogen-bond acceptors (Lipinski definition) is 3. The fraction of sp³-hybridized carbons (Fsp3) is 1.00. The average molecular weight is 148 g/mol. The standard InChI is InChI=1S/C3H8O4S.Li.H/c1-2-3-7-8(4,5)6;;/h2-3H2,1H3,(H,4,5,6);;/q;+1;-1. The minimum atomic E-state index is -4.19. The SMILES string of the molecule is CCCOS(=O)(=O)O.[H-].[Li+]. The van der Waals surface area contributed by atoms with Crippen molar-refractivity contribution in [2.24, 2.45) is 0 Å². The summed E-state index contributed by atoms with van der Waals surface area (Å²) in [4.78, 5) is 0. The van der Waals surface area contributed by atoms with Crippen LogP contribution in [0.5, 0.6) is 0 Å². The Labute approximate surface area is 68.2 Å². The van der Waals surface area contributed by atoms with Gasteiger partial charge >= 0.3 is 29.3 Å². The molecule has 0 bridgehead atoms. The molecule has 0 saturated carbocycles. The zero-order chi connectivity index (χ0) is 6.62. The van der Waals surface area contributed by atoms with Crippen LogP contribution < -0.4 is 18.9 Å². The van der Waals surface area contributed by atoms with Gasteiger partial charge in [0.05, 0.1) is 6.61 Å². The monoisotopic (exact) mass is 148 g/mol. The molecule has 0 aliphatic rings. The summed E-state index contributed by atoms with van der Waals surface area (Å²) in [5.74, 6) is 0. The zero-order valence-electron chi connectivity index (χ0n) is 6.49. The molecule has 0 saturated heterocycles. The summed E-state index contributed by atoms with van der Waals surface area (Å²) in [5.41, 5.74) is 0. The fourth-order valence-electron chi connectivity index (χ4n) is 0.189. The summed E-state index contributed by atoms with van der Waals surface area (Å²) in [6.07, 6.45) is 0.569. The fourth-order valence-corrected chi connectivity index (χ4v) is 0.566. The first-order chi connectivity index (χ1) is 3.56. The van der Waals surface area contributed by atoms with Gasteiger partial charge in [0.25, 0.3) is 0 Å². The largest absolute Gasteiger partial charge is 1.00 e. The maximum absolute atomic E-state index is 9.72. The third kappa shape index (κ3) is 11.8. The molecule has 0 rings (SSSR count). The van der Waals surface area contributed by atoms with E-state index in [0.717, 1.165) is 0 Å². The van der Waals surface area contributed by atoms with E-state index in [1.165, 1.54) is 0 Å². The second kappa shape index (κ2) is 5.27. The van der Waals surface area contributed by atoms with E-state index in [0.29, 0.717) is 6.42 Å². The Morgan fingerprint density at radius 1 is 1.67 bits per heavy atom. The van der Waals surface area contributed by atoms with Crippen LogP contribution in [0, 0.1) is 0 Å². The minimum Gasteiger partial charge on any atom is -1.00 e. The van der Waals surface area contributed by atoms with Gasteiger partial charge in [-0.3, -0.25) is 4.55 Å². The average Bonchev–Trinajstić information content (AvgIpc) is 1.59. The molecule has 0 aliphatic carbocycles. The van der Waals surface area contributed by atoms with Crippen molar-refractivity contribution in [3.8, 4) is 0 Å². The molecule has 0 fully saturated rings. The molecular weight excluding hydrogens is 139 g/mol. The van der Waals surface area contributed by atoms with Gasteiger partial charge in [0, 0.05) is 0 Å². The minimum absolute atomic E-state index is 0. The van der Waals surface area contributed by atoms with E-state index in [1.54, 1.807) is 6.92 Å². The van der Waals surface area contributed by atoms with Crippen molar-refractivity contribution in [2.45, 2.75) is 13.3 Å². The van der Waals surface area contributed by atoms with E-state index in [9.17, 15) is 8.42 Å². The second-order valence-corrected chi connectivity index (χ2v) is 2.34. The molecule has 0 aliphatic heterocycles. The molecule has 0 unspecified atom stereocenters. The van der Waals surface area contributed by atoms with E-state index in [2.05, 4.69) is 4.18 Å². The van der Waals surface area contributed by atoms with Crippen molar-refractivity contribution < 1.29 is 37.4 Å². The van der Waals surface area contributed by atoms with Crippen LogP contribution in [0.25, 0.3) is 0 Å². The Kier molecular flexibility index (Phi) is 7.12. The van der Waals surface area contributed by atoms with Gasteiger partial charge < -0.3 is 1.43 Å². The molecule has 0 amide bonds. The topological polar surface area (TPSA) is 63.6 Å². The molecule has 0 radical (unpaired) electrons. The summed E-state index contributed by atoms with van der Waals surface area (Å²) in [7, 11) is -4.19. The van der Waals surface area contributed by atoms with Crippen LogP contribution in [0.3, 0.4) is 0 Å². The summed E-state index contributed by atoms with van der Waals surface area (Å²) in [5, 5.41) is 0. The Bertz CT molecular complexity index is 145. The first-order valence-electron chi connectivity index (χ1n) is 2.18. The molecule has 0 heterocycles. The van der Waals surface area contributed by atoms with Gasteiger partial charge in [-0.15, -0.1) is 0 Å². The quantitative estimate of drug-likeness (QED) is 0.350. The van der Waals surface area contributed by atoms with Crippen molar-refractivity contribution >= 4 is 10.4 Å². The molecule has 4 nitrogen and oxygen atoms in total. The Balaban J connectivity index is -0.000000245. The maximum atomic E-state index is 9.72. The van der Waals surface area contributed by atoms with Gasteiger partial charge in [-0.25, -0.2) is 4.18 Å². The van der Waals surface area contributed by atoms with Crippen molar-refractivity contribution in [1.29, 1.82) is 0 Å². The molecule has 0 spiro atoms. The van der Waals surface area contributed by atoms with Gasteiger partial charge in [-0.2, -0.15) is 8.42 Å². The summed E-state index contributed by atoms with van der Waals surface area (Å²) in [6.45, 7) is 1.78. The van der Waals surface area contributed by atoms with Gasteiger partial charge in [0.15, 0.2) is 0 Å². The van der Waals surface area contributed by atoms with Crippen LogP contribution in [0.2, 0.25) is 0 Å². The third-order valence-electron chi connectivity index (χ3n) is 0.436. The van der Waals surface area contributed by atoms with Crippen molar-refractivity contribution in [1.82, 2.24) is 0 Å². The van der Waals surface area contributed by atoms with Crippen LogP contribution in [-0.2, 0) is 14.6 Å². The van der Waals surface area contributed by atoms with E-state index in [4.69, 9.17) is 4.55 Å². The normalized spacial score (nSPS) is 10.4. The molecule has 0 aromatic heterocycles. The predicted molar refractivity (Wildman–Crippen MR) is 28.9 cm³/mol. The van der Waals surface area contributed by atoms with Crippen molar-refractivity contribution in [3.05, 3.63) is 0 Å². The van der Waals surface area contributed by atoms with E-state index < -0.39 is 10.4 Å². The van der Waals surface area contributed by atoms with Crippen LogP contribution in [0.1, 0.15) is 14.8 Å².